The van der Waals surface area contributed by atoms with Gasteiger partial charge in [0.15, 0.2) is 0 Å². The highest BCUT2D eigenvalue weighted by Crippen LogP contribution is 2.16. The molecule has 1 N–H and O–H groups in total. The third-order valence-corrected chi connectivity index (χ3v) is 2.36. The Labute approximate surface area is 83.0 Å². The van der Waals surface area contributed by atoms with Gasteiger partial charge in [0.2, 0.25) is 0 Å². The molecule has 1 rings (SSSR count). The van der Waals surface area contributed by atoms with Crippen LogP contribution in [0.15, 0.2) is 23.8 Å². The van der Waals surface area contributed by atoms with Crippen LogP contribution in [0.3, 0.4) is 0 Å². The van der Waals surface area contributed by atoms with Crippen LogP contribution in [0.25, 0.3) is 0 Å². The predicted octanol–water partition coefficient (Wildman–Crippen LogP) is 2.50. The zero-order valence-electron chi connectivity index (χ0n) is 7.32. The Balaban J connectivity index is 2.35. The molecule has 2 nitrogen and oxygen atoms in total. The Morgan fingerprint density at radius 2 is 2.38 bits per heavy atom. The number of hydrogen-bond donors (Lipinski definition) is 1. The summed E-state index contributed by atoms with van der Waals surface area (Å²) in [5.41, 5.74) is 1.12. The van der Waals surface area contributed by atoms with Gasteiger partial charge in [0.05, 0.1) is 0 Å². The van der Waals surface area contributed by atoms with Crippen molar-refractivity contribution in [3.05, 3.63) is 23.8 Å². The van der Waals surface area contributed by atoms with E-state index in [1.165, 1.54) is 0 Å². The van der Waals surface area contributed by atoms with E-state index in [4.69, 9.17) is 17.3 Å². The highest BCUT2D eigenvalue weighted by molar-refractivity contribution is 7.80. The minimum atomic E-state index is -0.738. The molecule has 13 heavy (non-hydrogen) atoms. The zero-order valence-corrected chi connectivity index (χ0v) is 8.14. The third kappa shape index (κ3) is 3.51. The fourth-order valence-electron chi connectivity index (χ4n) is 1.24. The van der Waals surface area contributed by atoms with Gasteiger partial charge in [-0.2, -0.15) is 0 Å². The van der Waals surface area contributed by atoms with Gasteiger partial charge < -0.3 is 5.11 Å². The van der Waals surface area contributed by atoms with E-state index in [1.807, 2.05) is 18.2 Å². The molecular formula is C10H12O2S. The van der Waals surface area contributed by atoms with E-state index in [1.54, 1.807) is 0 Å². The van der Waals surface area contributed by atoms with Crippen LogP contribution < -0.4 is 0 Å². The lowest BCUT2D eigenvalue weighted by Gasteiger charge is -2.09. The van der Waals surface area contributed by atoms with Crippen molar-refractivity contribution in [3.63, 3.8) is 0 Å². The molecule has 1 aliphatic rings. The molecule has 0 amide bonds. The first-order valence-electron chi connectivity index (χ1n) is 4.31. The standard InChI is InChI=1S/C10H12O2S/c11-10(12)7-3-5-8-4-1-2-6-9(8)13/h1-2,4H,3,5-7H2,(H,11,12). The van der Waals surface area contributed by atoms with Crippen LogP contribution in [0.1, 0.15) is 25.7 Å². The second-order valence-electron chi connectivity index (χ2n) is 2.99. The Hall–Kier alpha value is -0.960. The molecule has 0 unspecified atom stereocenters. The monoisotopic (exact) mass is 196 g/mol. The summed E-state index contributed by atoms with van der Waals surface area (Å²) < 4.78 is 0. The molecule has 0 fully saturated rings. The Morgan fingerprint density at radius 3 is 3.00 bits per heavy atom. The molecule has 0 saturated heterocycles. The molecule has 0 saturated carbocycles. The average molecular weight is 196 g/mol. The lowest BCUT2D eigenvalue weighted by atomic mass is 9.99. The van der Waals surface area contributed by atoms with Crippen molar-refractivity contribution >= 4 is 23.1 Å². The van der Waals surface area contributed by atoms with Crippen LogP contribution in [0.2, 0.25) is 0 Å². The molecule has 70 valence electrons. The van der Waals surface area contributed by atoms with Gasteiger partial charge in [0.1, 0.15) is 0 Å². The number of carbonyl (C=O) groups is 1. The van der Waals surface area contributed by atoms with Crippen LogP contribution in [-0.2, 0) is 4.79 Å². The summed E-state index contributed by atoms with van der Waals surface area (Å²) in [6, 6.07) is 0. The van der Waals surface area contributed by atoms with Crippen molar-refractivity contribution in [2.75, 3.05) is 0 Å². The van der Waals surface area contributed by atoms with Crippen molar-refractivity contribution in [1.82, 2.24) is 0 Å². The normalized spacial score (nSPS) is 15.7. The fourth-order valence-corrected chi connectivity index (χ4v) is 1.50. The number of thiocarbonyl (C=S) groups is 1. The molecule has 0 aromatic rings. The van der Waals surface area contributed by atoms with Gasteiger partial charge in [-0.1, -0.05) is 30.4 Å². The van der Waals surface area contributed by atoms with Gasteiger partial charge in [-0.25, -0.2) is 0 Å². The molecular weight excluding hydrogens is 184 g/mol. The smallest absolute Gasteiger partial charge is 0.303 e. The van der Waals surface area contributed by atoms with Crippen LogP contribution in [-0.4, -0.2) is 15.9 Å². The van der Waals surface area contributed by atoms with Gasteiger partial charge in [-0.15, -0.1) is 0 Å². The maximum atomic E-state index is 10.3. The Kier molecular flexibility index (Phi) is 3.83. The first-order chi connectivity index (χ1) is 6.20. The fraction of sp³-hybridized carbons (Fsp3) is 0.400. The minimum Gasteiger partial charge on any atom is -0.481 e. The molecule has 0 aromatic carbocycles. The van der Waals surface area contributed by atoms with Gasteiger partial charge in [-0.05, 0) is 18.4 Å². The first-order valence-corrected chi connectivity index (χ1v) is 4.71. The zero-order chi connectivity index (χ0) is 9.68. The molecule has 0 atom stereocenters. The van der Waals surface area contributed by atoms with E-state index >= 15 is 0 Å². The van der Waals surface area contributed by atoms with Crippen LogP contribution in [0, 0.1) is 0 Å². The third-order valence-electron chi connectivity index (χ3n) is 1.93. The maximum Gasteiger partial charge on any atom is 0.303 e. The summed E-state index contributed by atoms with van der Waals surface area (Å²) in [5.74, 6) is -0.738. The Morgan fingerprint density at radius 1 is 1.62 bits per heavy atom. The molecule has 0 heterocycles. The summed E-state index contributed by atoms with van der Waals surface area (Å²) in [4.78, 5) is 11.2. The number of hydrogen-bond acceptors (Lipinski definition) is 2. The number of aliphatic carboxylic acids is 1. The number of rotatable bonds is 4. The first kappa shape index (κ1) is 10.1. The van der Waals surface area contributed by atoms with Crippen LogP contribution in [0.4, 0.5) is 0 Å². The topological polar surface area (TPSA) is 37.3 Å². The van der Waals surface area contributed by atoms with E-state index in [9.17, 15) is 4.79 Å². The molecule has 1 aliphatic carbocycles. The number of carboxylic acids is 1. The number of allylic oxidation sites excluding steroid dienone is 4. The predicted molar refractivity (Wildman–Crippen MR) is 55.9 cm³/mol. The molecule has 3 heteroatoms. The number of carboxylic acid groups (broad SMARTS) is 1. The van der Waals surface area contributed by atoms with E-state index in [2.05, 4.69) is 0 Å². The highest BCUT2D eigenvalue weighted by atomic mass is 32.1. The summed E-state index contributed by atoms with van der Waals surface area (Å²) in [7, 11) is 0. The molecule has 0 spiro atoms. The van der Waals surface area contributed by atoms with Gasteiger partial charge >= 0.3 is 5.97 Å². The summed E-state index contributed by atoms with van der Waals surface area (Å²) in [6.07, 6.45) is 8.49. The van der Waals surface area contributed by atoms with Gasteiger partial charge in [0.25, 0.3) is 0 Å². The quantitative estimate of drug-likeness (QED) is 0.702. The van der Waals surface area contributed by atoms with Crippen molar-refractivity contribution in [2.24, 2.45) is 0 Å². The summed E-state index contributed by atoms with van der Waals surface area (Å²) >= 11 is 5.14. The van der Waals surface area contributed by atoms with Gasteiger partial charge in [-0.3, -0.25) is 4.79 Å². The largest absolute Gasteiger partial charge is 0.481 e. The summed E-state index contributed by atoms with van der Waals surface area (Å²) in [6.45, 7) is 0. The molecule has 0 radical (unpaired) electrons. The summed E-state index contributed by atoms with van der Waals surface area (Å²) in [5, 5.41) is 8.44. The highest BCUT2D eigenvalue weighted by Gasteiger charge is 2.06. The van der Waals surface area contributed by atoms with E-state index < -0.39 is 5.97 Å². The second-order valence-corrected chi connectivity index (χ2v) is 3.49. The van der Waals surface area contributed by atoms with Crippen molar-refractivity contribution in [1.29, 1.82) is 0 Å². The Bertz CT molecular complexity index is 277. The van der Waals surface area contributed by atoms with Crippen molar-refractivity contribution < 1.29 is 9.90 Å². The van der Waals surface area contributed by atoms with E-state index in [-0.39, 0.29) is 6.42 Å². The van der Waals surface area contributed by atoms with Crippen molar-refractivity contribution in [2.45, 2.75) is 25.7 Å². The lowest BCUT2D eigenvalue weighted by Crippen LogP contribution is -2.03. The SMILES string of the molecule is O=C(O)CCCC1=CC=CCC1=S. The van der Waals surface area contributed by atoms with Crippen LogP contribution in [0.5, 0.6) is 0 Å². The molecule has 0 aromatic heterocycles. The van der Waals surface area contributed by atoms with Crippen LogP contribution >= 0.6 is 12.2 Å². The van der Waals surface area contributed by atoms with E-state index in [0.29, 0.717) is 6.42 Å². The molecule has 0 aliphatic heterocycles. The van der Waals surface area contributed by atoms with E-state index in [0.717, 1.165) is 23.3 Å². The minimum absolute atomic E-state index is 0.226. The lowest BCUT2D eigenvalue weighted by molar-refractivity contribution is -0.137. The van der Waals surface area contributed by atoms with Crippen molar-refractivity contribution in [3.8, 4) is 0 Å². The average Bonchev–Trinajstić information content (AvgIpc) is 2.08. The van der Waals surface area contributed by atoms with Gasteiger partial charge in [0, 0.05) is 17.7 Å². The molecule has 0 bridgehead atoms. The maximum absolute atomic E-state index is 10.3. The second kappa shape index (κ2) is 4.92.